The van der Waals surface area contributed by atoms with Crippen LogP contribution in [0.25, 0.3) is 11.4 Å². The van der Waals surface area contributed by atoms with Crippen molar-refractivity contribution in [1.29, 1.82) is 0 Å². The van der Waals surface area contributed by atoms with Gasteiger partial charge in [0.05, 0.1) is 5.69 Å². The van der Waals surface area contributed by atoms with E-state index in [1.165, 1.54) is 0 Å². The van der Waals surface area contributed by atoms with Crippen LogP contribution in [0.3, 0.4) is 0 Å². The largest absolute Gasteiger partial charge is 0.454 e. The molecule has 6 rings (SSSR count). The first kappa shape index (κ1) is 23.7. The summed E-state index contributed by atoms with van der Waals surface area (Å²) in [5, 5.41) is 0.536. The van der Waals surface area contributed by atoms with Crippen LogP contribution in [0.1, 0.15) is 30.2 Å². The van der Waals surface area contributed by atoms with Crippen molar-refractivity contribution in [2.45, 2.75) is 39.5 Å². The van der Waals surface area contributed by atoms with Gasteiger partial charge in [-0.25, -0.2) is 4.98 Å². The summed E-state index contributed by atoms with van der Waals surface area (Å²) in [5.74, 6) is 4.01. The second kappa shape index (κ2) is 10.4. The molecule has 8 heteroatoms. The Morgan fingerprint density at radius 2 is 1.38 bits per heavy atom. The van der Waals surface area contributed by atoms with Crippen molar-refractivity contribution in [3.63, 3.8) is 0 Å². The van der Waals surface area contributed by atoms with E-state index >= 15 is 0 Å². The summed E-state index contributed by atoms with van der Waals surface area (Å²) in [6.07, 6.45) is 0.976. The Bertz CT molecular complexity index is 1350. The Hall–Kier alpha value is -3.68. The van der Waals surface area contributed by atoms with E-state index in [-0.39, 0.29) is 13.6 Å². The Morgan fingerprint density at radius 3 is 1.97 bits per heavy atom. The Morgan fingerprint density at radius 1 is 0.784 bits per heavy atom. The van der Waals surface area contributed by atoms with Gasteiger partial charge in [0.25, 0.3) is 0 Å². The van der Waals surface area contributed by atoms with Crippen molar-refractivity contribution >= 4 is 11.6 Å². The number of benzene rings is 3. The average Bonchev–Trinajstić information content (AvgIpc) is 3.64. The zero-order valence-corrected chi connectivity index (χ0v) is 21.4. The zero-order valence-electron chi connectivity index (χ0n) is 20.7. The summed E-state index contributed by atoms with van der Waals surface area (Å²) in [5.41, 5.74) is 4.32. The molecule has 0 aliphatic carbocycles. The number of ether oxygens (including phenoxy) is 4. The Kier molecular flexibility index (Phi) is 6.64. The predicted octanol–water partition coefficient (Wildman–Crippen LogP) is 6.27. The van der Waals surface area contributed by atoms with Crippen LogP contribution in [0.15, 0.2) is 66.7 Å². The van der Waals surface area contributed by atoms with Crippen LogP contribution in [-0.4, -0.2) is 28.0 Å². The van der Waals surface area contributed by atoms with Crippen LogP contribution in [0.4, 0.5) is 0 Å². The Labute approximate surface area is 221 Å². The zero-order chi connectivity index (χ0) is 25.2. The first-order valence-corrected chi connectivity index (χ1v) is 12.9. The SMILES string of the molecule is CCCn1c(-c2ccccc2)nc(Cl)c1CN(Cc1ccc2c(c1)OCO2)Cc1ccc2c(c1)OCO2. The minimum atomic E-state index is 0.258. The number of hydrogen-bond acceptors (Lipinski definition) is 6. The molecule has 1 aromatic heterocycles. The van der Waals surface area contributed by atoms with Crippen LogP contribution < -0.4 is 18.9 Å². The molecule has 3 heterocycles. The van der Waals surface area contributed by atoms with Crippen LogP contribution in [-0.2, 0) is 26.2 Å². The number of fused-ring (bicyclic) bond motifs is 2. The van der Waals surface area contributed by atoms with Gasteiger partial charge in [0.1, 0.15) is 5.82 Å². The van der Waals surface area contributed by atoms with Crippen molar-refractivity contribution < 1.29 is 18.9 Å². The highest BCUT2D eigenvalue weighted by molar-refractivity contribution is 6.30. The van der Waals surface area contributed by atoms with Crippen molar-refractivity contribution in [1.82, 2.24) is 14.5 Å². The molecular weight excluding hydrogens is 490 g/mol. The van der Waals surface area contributed by atoms with Gasteiger partial charge >= 0.3 is 0 Å². The third kappa shape index (κ3) is 4.97. The van der Waals surface area contributed by atoms with E-state index < -0.39 is 0 Å². The molecule has 0 bridgehead atoms. The predicted molar refractivity (Wildman–Crippen MR) is 141 cm³/mol. The summed E-state index contributed by atoms with van der Waals surface area (Å²) < 4.78 is 24.5. The lowest BCUT2D eigenvalue weighted by Gasteiger charge is -2.24. The molecular formula is C29H28ClN3O4. The van der Waals surface area contributed by atoms with Crippen LogP contribution >= 0.6 is 11.6 Å². The molecule has 0 N–H and O–H groups in total. The molecule has 4 aromatic rings. The molecule has 0 amide bonds. The molecule has 2 aliphatic rings. The lowest BCUT2D eigenvalue weighted by atomic mass is 10.1. The number of rotatable bonds is 9. The average molecular weight is 518 g/mol. The maximum absolute atomic E-state index is 6.81. The van der Waals surface area contributed by atoms with Gasteiger partial charge < -0.3 is 23.5 Å². The van der Waals surface area contributed by atoms with Crippen molar-refractivity contribution in [3.8, 4) is 34.4 Å². The van der Waals surface area contributed by atoms with Gasteiger partial charge in [0.2, 0.25) is 13.6 Å². The molecule has 0 unspecified atom stereocenters. The van der Waals surface area contributed by atoms with Gasteiger partial charge in [-0.1, -0.05) is 61.0 Å². The highest BCUT2D eigenvalue weighted by Crippen LogP contribution is 2.35. The van der Waals surface area contributed by atoms with Crippen LogP contribution in [0, 0.1) is 0 Å². The van der Waals surface area contributed by atoms with E-state index in [9.17, 15) is 0 Å². The maximum atomic E-state index is 6.81. The van der Waals surface area contributed by atoms with Gasteiger partial charge in [0, 0.05) is 31.7 Å². The van der Waals surface area contributed by atoms with E-state index in [4.69, 9.17) is 35.5 Å². The van der Waals surface area contributed by atoms with Crippen molar-refractivity contribution in [3.05, 3.63) is 88.7 Å². The highest BCUT2D eigenvalue weighted by atomic mass is 35.5. The van der Waals surface area contributed by atoms with E-state index in [0.717, 1.165) is 64.2 Å². The monoisotopic (exact) mass is 517 g/mol. The molecule has 3 aromatic carbocycles. The minimum Gasteiger partial charge on any atom is -0.454 e. The molecule has 0 saturated heterocycles. The van der Waals surface area contributed by atoms with Gasteiger partial charge in [-0.2, -0.15) is 0 Å². The number of halogens is 1. The first-order valence-electron chi connectivity index (χ1n) is 12.5. The van der Waals surface area contributed by atoms with Crippen LogP contribution in [0.5, 0.6) is 23.0 Å². The topological polar surface area (TPSA) is 58.0 Å². The quantitative estimate of drug-likeness (QED) is 0.261. The molecule has 37 heavy (non-hydrogen) atoms. The summed E-state index contributed by atoms with van der Waals surface area (Å²) >= 11 is 6.81. The molecule has 7 nitrogen and oxygen atoms in total. The Balaban J connectivity index is 1.33. The maximum Gasteiger partial charge on any atom is 0.231 e. The third-order valence-electron chi connectivity index (χ3n) is 6.56. The van der Waals surface area contributed by atoms with Crippen molar-refractivity contribution in [2.24, 2.45) is 0 Å². The second-order valence-corrected chi connectivity index (χ2v) is 9.57. The number of hydrogen-bond donors (Lipinski definition) is 0. The fourth-order valence-electron chi connectivity index (χ4n) is 4.85. The third-order valence-corrected chi connectivity index (χ3v) is 6.87. The molecule has 2 aliphatic heterocycles. The normalized spacial score (nSPS) is 13.5. The number of imidazole rings is 1. The fourth-order valence-corrected chi connectivity index (χ4v) is 5.10. The lowest BCUT2D eigenvalue weighted by molar-refractivity contribution is 0.173. The second-order valence-electron chi connectivity index (χ2n) is 9.21. The first-order chi connectivity index (χ1) is 18.2. The van der Waals surface area contributed by atoms with E-state index in [0.29, 0.717) is 24.8 Å². The molecule has 0 fully saturated rings. The van der Waals surface area contributed by atoms with E-state index in [1.54, 1.807) is 0 Å². The minimum absolute atomic E-state index is 0.258. The van der Waals surface area contributed by atoms with Gasteiger partial charge in [-0.05, 0) is 41.8 Å². The number of nitrogens with zero attached hydrogens (tertiary/aromatic N) is 3. The number of aromatic nitrogens is 2. The molecule has 190 valence electrons. The highest BCUT2D eigenvalue weighted by Gasteiger charge is 2.22. The summed E-state index contributed by atoms with van der Waals surface area (Å²) in [6, 6.07) is 22.4. The lowest BCUT2D eigenvalue weighted by Crippen LogP contribution is -2.24. The van der Waals surface area contributed by atoms with Gasteiger partial charge in [0.15, 0.2) is 28.2 Å². The molecule has 0 spiro atoms. The van der Waals surface area contributed by atoms with Gasteiger partial charge in [-0.3, -0.25) is 4.90 Å². The summed E-state index contributed by atoms with van der Waals surface area (Å²) in [6.45, 7) is 5.53. The summed E-state index contributed by atoms with van der Waals surface area (Å²) in [4.78, 5) is 7.15. The van der Waals surface area contributed by atoms with E-state index in [1.807, 2.05) is 30.3 Å². The standard InChI is InChI=1S/C29H28ClN3O4/c1-2-12-33-23(28(30)31-29(33)22-6-4-3-5-7-22)17-32(15-20-8-10-24-26(13-20)36-18-34-24)16-21-9-11-25-27(14-21)37-19-35-25/h3-11,13-14H,2,12,15-19H2,1H3. The molecule has 0 atom stereocenters. The van der Waals surface area contributed by atoms with E-state index in [2.05, 4.69) is 52.8 Å². The van der Waals surface area contributed by atoms with Crippen molar-refractivity contribution in [2.75, 3.05) is 13.6 Å². The fraction of sp³-hybridized carbons (Fsp3) is 0.276. The molecule has 0 radical (unpaired) electrons. The van der Waals surface area contributed by atoms with Gasteiger partial charge in [-0.15, -0.1) is 0 Å². The van der Waals surface area contributed by atoms with Crippen LogP contribution in [0.2, 0.25) is 5.15 Å². The summed E-state index contributed by atoms with van der Waals surface area (Å²) in [7, 11) is 0. The molecule has 0 saturated carbocycles. The smallest absolute Gasteiger partial charge is 0.231 e.